The minimum absolute atomic E-state index is 0. The Morgan fingerprint density at radius 3 is 1.62 bits per heavy atom. The van der Waals surface area contributed by atoms with Crippen LogP contribution in [0.2, 0.25) is 0 Å². The second kappa shape index (κ2) is 18.6. The van der Waals surface area contributed by atoms with Crippen molar-refractivity contribution < 1.29 is 25.8 Å². The first-order valence-electron chi connectivity index (χ1n) is 25.1. The molecule has 0 spiro atoms. The second-order valence-electron chi connectivity index (χ2n) is 23.6. The van der Waals surface area contributed by atoms with E-state index in [1.807, 2.05) is 12.3 Å². The van der Waals surface area contributed by atoms with Gasteiger partial charge < -0.3 is 19.1 Å². The Kier molecular flexibility index (Phi) is 13.0. The fourth-order valence-electron chi connectivity index (χ4n) is 9.97. The van der Waals surface area contributed by atoms with E-state index in [0.29, 0.717) is 11.5 Å². The molecule has 3 heterocycles. The fraction of sp³-hybridized carbons (Fsp3) is 0.273. The van der Waals surface area contributed by atoms with Crippen LogP contribution in [-0.4, -0.2) is 9.55 Å². The van der Waals surface area contributed by atoms with Crippen LogP contribution < -0.4 is 14.5 Å². The average Bonchev–Trinajstić information content (AvgIpc) is 3.89. The maximum absolute atomic E-state index is 6.99. The quantitative estimate of drug-likeness (QED) is 0.135. The van der Waals surface area contributed by atoms with Crippen molar-refractivity contribution in [2.45, 2.75) is 117 Å². The standard InChI is InChI=1S/C66H67N4O.Pt/c1-62(2,3)48-34-49(63(4,5)6)36-51(35-48)68-43-69(60-39-46(28-31-58(60)68)65(10,11)44-22-16-14-17-23-44)52-37-50(64(7,8)9)38-54(41-52)71-53-29-30-56-55-26-20-21-27-57(55)70(59(56)42-53)61-40-47(32-33-67-61)66(12,13)45-24-18-15-19-25-45;/h14-40,43H,1-13H3;/q-3;. The van der Waals surface area contributed by atoms with E-state index in [4.69, 9.17) is 9.72 Å². The minimum Gasteiger partial charge on any atom is -0.509 e. The predicted octanol–water partition coefficient (Wildman–Crippen LogP) is 17.5. The molecule has 6 heteroatoms. The van der Waals surface area contributed by atoms with Gasteiger partial charge in [0, 0.05) is 72.2 Å². The fourth-order valence-corrected chi connectivity index (χ4v) is 9.97. The van der Waals surface area contributed by atoms with Gasteiger partial charge >= 0.3 is 0 Å². The third-order valence-electron chi connectivity index (χ3n) is 14.8. The zero-order valence-electron chi connectivity index (χ0n) is 44.2. The van der Waals surface area contributed by atoms with Crippen LogP contribution in [-0.2, 0) is 48.1 Å². The number of fused-ring (bicyclic) bond motifs is 4. The van der Waals surface area contributed by atoms with Gasteiger partial charge in [-0.2, -0.15) is 6.07 Å². The van der Waals surface area contributed by atoms with Crippen LogP contribution in [0.5, 0.6) is 11.5 Å². The molecular weight excluding hydrogens is 1060 g/mol. The molecule has 5 nitrogen and oxygen atoms in total. The van der Waals surface area contributed by atoms with Crippen LogP contribution in [0.4, 0.5) is 22.7 Å². The van der Waals surface area contributed by atoms with Gasteiger partial charge in [-0.3, -0.25) is 0 Å². The molecule has 0 N–H and O–H groups in total. The molecule has 1 aliphatic heterocycles. The number of ether oxygens (including phenoxy) is 1. The number of para-hydroxylation sites is 1. The molecule has 9 aromatic rings. The summed E-state index contributed by atoms with van der Waals surface area (Å²) in [6.07, 6.45) is 1.93. The molecule has 7 aromatic carbocycles. The zero-order chi connectivity index (χ0) is 50.3. The monoisotopic (exact) mass is 1130 g/mol. The van der Waals surface area contributed by atoms with Crippen molar-refractivity contribution in [2.24, 2.45) is 0 Å². The van der Waals surface area contributed by atoms with E-state index in [2.05, 4.69) is 275 Å². The average molecular weight is 1130 g/mol. The van der Waals surface area contributed by atoms with E-state index in [-0.39, 0.29) is 48.1 Å². The zero-order valence-corrected chi connectivity index (χ0v) is 46.5. The number of nitrogens with zero attached hydrogens (tertiary/aromatic N) is 4. The number of benzene rings is 7. The number of rotatable bonds is 9. The maximum atomic E-state index is 6.99. The van der Waals surface area contributed by atoms with E-state index in [1.54, 1.807) is 0 Å². The number of pyridine rings is 1. The van der Waals surface area contributed by atoms with E-state index >= 15 is 0 Å². The Morgan fingerprint density at radius 2 is 1.01 bits per heavy atom. The first kappa shape index (κ1) is 50.5. The molecule has 0 saturated carbocycles. The van der Waals surface area contributed by atoms with Crippen molar-refractivity contribution in [1.29, 1.82) is 0 Å². The molecule has 0 radical (unpaired) electrons. The molecule has 2 aromatic heterocycles. The Hall–Kier alpha value is -6.42. The number of aromatic nitrogens is 2. The van der Waals surface area contributed by atoms with Crippen LogP contribution in [0, 0.1) is 18.8 Å². The number of hydrogen-bond acceptors (Lipinski definition) is 4. The van der Waals surface area contributed by atoms with Gasteiger partial charge in [-0.1, -0.05) is 187 Å². The molecule has 72 heavy (non-hydrogen) atoms. The summed E-state index contributed by atoms with van der Waals surface area (Å²) in [6, 6.07) is 64.6. The van der Waals surface area contributed by atoms with Gasteiger partial charge in [-0.05, 0) is 97.5 Å². The third-order valence-corrected chi connectivity index (χ3v) is 14.8. The smallest absolute Gasteiger partial charge is 0.135 e. The molecule has 0 atom stereocenters. The first-order valence-corrected chi connectivity index (χ1v) is 25.1. The summed E-state index contributed by atoms with van der Waals surface area (Å²) in [5, 5.41) is 2.21. The number of hydrogen-bond donors (Lipinski definition) is 0. The van der Waals surface area contributed by atoms with Gasteiger partial charge in [0.25, 0.3) is 0 Å². The summed E-state index contributed by atoms with van der Waals surface area (Å²) in [5.74, 6) is 2.05. The van der Waals surface area contributed by atoms with Crippen molar-refractivity contribution >= 4 is 44.6 Å². The largest absolute Gasteiger partial charge is 0.509 e. The van der Waals surface area contributed by atoms with E-state index in [9.17, 15) is 0 Å². The summed E-state index contributed by atoms with van der Waals surface area (Å²) in [7, 11) is 0. The SMILES string of the molecule is CC(C)(C)c1cc(Oc2[c-]c3c(cc2)c2ccccc2n3-c2cc(C(C)(C)c3ccccc3)ccn2)[c-]c(N2[CH-]N(c3cc(C(C)(C)C)cc(C(C)(C)C)c3)c3ccc(C(C)(C)c4ccccc4)cc32)c1.[Pt]. The Labute approximate surface area is 443 Å². The Bertz CT molecular complexity index is 3410. The van der Waals surface area contributed by atoms with E-state index in [1.165, 1.54) is 33.4 Å². The molecule has 0 fully saturated rings. The summed E-state index contributed by atoms with van der Waals surface area (Å²) in [4.78, 5) is 9.67. The molecule has 370 valence electrons. The van der Waals surface area contributed by atoms with Crippen molar-refractivity contribution in [3.05, 3.63) is 222 Å². The molecule has 1 aliphatic rings. The van der Waals surface area contributed by atoms with E-state index < -0.39 is 0 Å². The van der Waals surface area contributed by atoms with Gasteiger partial charge in [0.1, 0.15) is 5.82 Å². The summed E-state index contributed by atoms with van der Waals surface area (Å²) >= 11 is 0. The van der Waals surface area contributed by atoms with Crippen molar-refractivity contribution in [3.8, 4) is 17.3 Å². The van der Waals surface area contributed by atoms with Crippen LogP contribution in [0.3, 0.4) is 0 Å². The summed E-state index contributed by atoms with van der Waals surface area (Å²) in [6.45, 7) is 32.0. The molecule has 10 rings (SSSR count). The molecule has 0 bridgehead atoms. The van der Waals surface area contributed by atoms with Gasteiger partial charge in [0.15, 0.2) is 0 Å². The van der Waals surface area contributed by atoms with Gasteiger partial charge in [0.2, 0.25) is 0 Å². The van der Waals surface area contributed by atoms with Crippen LogP contribution in [0.25, 0.3) is 27.6 Å². The number of anilines is 4. The molecule has 0 aliphatic carbocycles. The van der Waals surface area contributed by atoms with Crippen LogP contribution in [0.1, 0.15) is 129 Å². The molecule has 0 saturated heterocycles. The van der Waals surface area contributed by atoms with Crippen molar-refractivity contribution in [1.82, 2.24) is 9.55 Å². The topological polar surface area (TPSA) is 33.5 Å². The van der Waals surface area contributed by atoms with E-state index in [0.717, 1.165) is 55.9 Å². The molecular formula is C66H67N4OPt-3. The molecule has 0 unspecified atom stereocenters. The van der Waals surface area contributed by atoms with Crippen LogP contribution in [0.15, 0.2) is 164 Å². The molecule has 0 amide bonds. The minimum atomic E-state index is -0.252. The van der Waals surface area contributed by atoms with Crippen molar-refractivity contribution in [2.75, 3.05) is 9.80 Å². The second-order valence-corrected chi connectivity index (χ2v) is 23.6. The maximum Gasteiger partial charge on any atom is 0.135 e. The van der Waals surface area contributed by atoms with Crippen molar-refractivity contribution in [3.63, 3.8) is 0 Å². The van der Waals surface area contributed by atoms with Gasteiger partial charge in [-0.25, -0.2) is 4.98 Å². The van der Waals surface area contributed by atoms with Crippen LogP contribution >= 0.6 is 0 Å². The normalized spacial score (nSPS) is 13.4. The Morgan fingerprint density at radius 1 is 0.444 bits per heavy atom. The van der Waals surface area contributed by atoms with Gasteiger partial charge in [-0.15, -0.1) is 53.6 Å². The van der Waals surface area contributed by atoms with Gasteiger partial charge in [0.05, 0.1) is 0 Å². The predicted molar refractivity (Wildman–Crippen MR) is 297 cm³/mol. The summed E-state index contributed by atoms with van der Waals surface area (Å²) < 4.78 is 9.21. The first-order chi connectivity index (χ1) is 33.6. The summed E-state index contributed by atoms with van der Waals surface area (Å²) in [5.41, 5.74) is 14.1. The third kappa shape index (κ3) is 9.42. The Balaban J connectivity index is 0.00000640.